The zero-order valence-electron chi connectivity index (χ0n) is 11.0. The lowest BCUT2D eigenvalue weighted by molar-refractivity contribution is -0.153. The van der Waals surface area contributed by atoms with Crippen LogP contribution in [0.2, 0.25) is 0 Å². The summed E-state index contributed by atoms with van der Waals surface area (Å²) < 4.78 is 24.3. The third-order valence-corrected chi connectivity index (χ3v) is 1.74. The first-order valence-electron chi connectivity index (χ1n) is 5.76. The Morgan fingerprint density at radius 2 is 1.42 bits per heavy atom. The lowest BCUT2D eigenvalue weighted by Crippen LogP contribution is -2.19. The third-order valence-electron chi connectivity index (χ3n) is 1.74. The molecule has 0 amide bonds. The van der Waals surface area contributed by atoms with Gasteiger partial charge in [0.15, 0.2) is 0 Å². The number of carbonyl (C=O) groups is 2. The van der Waals surface area contributed by atoms with Gasteiger partial charge in [0.25, 0.3) is 0 Å². The normalized spacial score (nSPS) is 10.4. The van der Waals surface area contributed by atoms with E-state index in [1.54, 1.807) is 7.11 Å². The molecule has 0 spiro atoms. The van der Waals surface area contributed by atoms with Crippen LogP contribution in [-0.2, 0) is 33.3 Å². The van der Waals surface area contributed by atoms with Crippen LogP contribution in [0.1, 0.15) is 0 Å². The van der Waals surface area contributed by atoms with Crippen molar-refractivity contribution in [3.8, 4) is 0 Å². The van der Waals surface area contributed by atoms with Crippen LogP contribution < -0.4 is 0 Å². The van der Waals surface area contributed by atoms with Crippen molar-refractivity contribution in [3.05, 3.63) is 0 Å². The Hall–Kier alpha value is -1.22. The van der Waals surface area contributed by atoms with Crippen molar-refractivity contribution < 1.29 is 38.4 Å². The molecule has 8 nitrogen and oxygen atoms in total. The van der Waals surface area contributed by atoms with Crippen molar-refractivity contribution >= 4 is 11.9 Å². The number of hydrogen-bond donors (Lipinski definition) is 1. The lowest BCUT2D eigenvalue weighted by Gasteiger charge is -2.06. The Morgan fingerprint density at radius 3 is 2.00 bits per heavy atom. The number of aliphatic carboxylic acids is 1. The van der Waals surface area contributed by atoms with Gasteiger partial charge < -0.3 is 28.8 Å². The molecule has 0 aromatic carbocycles. The average Bonchev–Trinajstić information content (AvgIpc) is 2.36. The van der Waals surface area contributed by atoms with Crippen LogP contribution >= 0.6 is 0 Å². The molecule has 0 aromatic heterocycles. The molecule has 0 atom stereocenters. The number of rotatable bonds is 13. The van der Waals surface area contributed by atoms with E-state index in [1.165, 1.54) is 0 Å². The van der Waals surface area contributed by atoms with Gasteiger partial charge >= 0.3 is 11.9 Å². The van der Waals surface area contributed by atoms with Gasteiger partial charge in [-0.2, -0.15) is 0 Å². The Labute approximate surface area is 111 Å². The largest absolute Gasteiger partial charge is 0.480 e. The van der Waals surface area contributed by atoms with Crippen molar-refractivity contribution in [1.29, 1.82) is 0 Å². The predicted molar refractivity (Wildman–Crippen MR) is 62.9 cm³/mol. The summed E-state index contributed by atoms with van der Waals surface area (Å²) in [6.07, 6.45) is 0. The van der Waals surface area contributed by atoms with Crippen LogP contribution in [-0.4, -0.2) is 77.0 Å². The van der Waals surface area contributed by atoms with Gasteiger partial charge in [-0.15, -0.1) is 0 Å². The van der Waals surface area contributed by atoms with Gasteiger partial charge in [-0.05, 0) is 0 Å². The first-order valence-corrected chi connectivity index (χ1v) is 5.76. The molecule has 0 unspecified atom stereocenters. The van der Waals surface area contributed by atoms with E-state index < -0.39 is 18.5 Å². The fraction of sp³-hybridized carbons (Fsp3) is 0.818. The van der Waals surface area contributed by atoms with E-state index in [0.717, 1.165) is 0 Å². The van der Waals surface area contributed by atoms with Crippen LogP contribution in [0.4, 0.5) is 0 Å². The summed E-state index contributed by atoms with van der Waals surface area (Å²) in [7, 11) is 1.59. The van der Waals surface area contributed by atoms with Gasteiger partial charge in [-0.3, -0.25) is 0 Å². The van der Waals surface area contributed by atoms with Crippen LogP contribution in [0.25, 0.3) is 0 Å². The molecule has 0 fully saturated rings. The number of carboxylic acid groups (broad SMARTS) is 1. The van der Waals surface area contributed by atoms with Crippen molar-refractivity contribution in [2.24, 2.45) is 0 Å². The molecule has 0 heterocycles. The fourth-order valence-corrected chi connectivity index (χ4v) is 0.942. The number of ether oxygens (including phenoxy) is 5. The standard InChI is InChI=1S/C11H20O8/c1-15-2-3-16-4-5-17-6-7-19-11(14)9-18-8-10(12)13/h2-9H2,1H3,(H,12,13). The highest BCUT2D eigenvalue weighted by Crippen LogP contribution is 1.85. The Morgan fingerprint density at radius 1 is 0.842 bits per heavy atom. The maximum atomic E-state index is 11.0. The quantitative estimate of drug-likeness (QED) is 0.349. The summed E-state index contributed by atoms with van der Waals surface area (Å²) in [6.45, 7) is 1.32. The molecular formula is C11H20O8. The second-order valence-corrected chi connectivity index (χ2v) is 3.32. The minimum atomic E-state index is -1.13. The molecule has 0 aliphatic rings. The van der Waals surface area contributed by atoms with Crippen LogP contribution in [0.5, 0.6) is 0 Å². The smallest absolute Gasteiger partial charge is 0.332 e. The number of esters is 1. The van der Waals surface area contributed by atoms with Crippen LogP contribution in [0.15, 0.2) is 0 Å². The highest BCUT2D eigenvalue weighted by molar-refractivity contribution is 5.72. The van der Waals surface area contributed by atoms with Gasteiger partial charge in [-0.25, -0.2) is 9.59 Å². The first-order chi connectivity index (χ1) is 9.16. The molecule has 0 aromatic rings. The number of carboxylic acids is 1. The van der Waals surface area contributed by atoms with E-state index in [2.05, 4.69) is 4.74 Å². The summed E-state index contributed by atoms with van der Waals surface area (Å²) in [5.74, 6) is -1.76. The molecule has 8 heteroatoms. The van der Waals surface area contributed by atoms with Gasteiger partial charge in [-0.1, -0.05) is 0 Å². The van der Waals surface area contributed by atoms with Crippen molar-refractivity contribution in [2.75, 3.05) is 60.0 Å². The van der Waals surface area contributed by atoms with Gasteiger partial charge in [0, 0.05) is 7.11 Å². The van der Waals surface area contributed by atoms with Crippen molar-refractivity contribution in [1.82, 2.24) is 0 Å². The van der Waals surface area contributed by atoms with E-state index in [9.17, 15) is 9.59 Å². The second-order valence-electron chi connectivity index (χ2n) is 3.32. The zero-order chi connectivity index (χ0) is 14.3. The van der Waals surface area contributed by atoms with E-state index >= 15 is 0 Å². The average molecular weight is 280 g/mol. The highest BCUT2D eigenvalue weighted by atomic mass is 16.6. The van der Waals surface area contributed by atoms with E-state index in [-0.39, 0.29) is 19.8 Å². The Bertz CT molecular complexity index is 243. The maximum absolute atomic E-state index is 11.0. The van der Waals surface area contributed by atoms with Gasteiger partial charge in [0.1, 0.15) is 19.8 Å². The SMILES string of the molecule is COCCOCCOCCOC(=O)COCC(=O)O. The minimum absolute atomic E-state index is 0.0906. The van der Waals surface area contributed by atoms with Crippen LogP contribution in [0.3, 0.4) is 0 Å². The number of methoxy groups -OCH3 is 1. The summed E-state index contributed by atoms with van der Waals surface area (Å²) in [4.78, 5) is 21.1. The number of hydrogen-bond acceptors (Lipinski definition) is 7. The molecule has 112 valence electrons. The van der Waals surface area contributed by atoms with Crippen molar-refractivity contribution in [3.63, 3.8) is 0 Å². The molecule has 19 heavy (non-hydrogen) atoms. The molecule has 0 bridgehead atoms. The highest BCUT2D eigenvalue weighted by Gasteiger charge is 2.04. The fourth-order valence-electron chi connectivity index (χ4n) is 0.942. The zero-order valence-corrected chi connectivity index (χ0v) is 11.0. The predicted octanol–water partition coefficient (Wildman–Crippen LogP) is -0.690. The molecule has 0 saturated carbocycles. The van der Waals surface area contributed by atoms with Crippen molar-refractivity contribution in [2.45, 2.75) is 0 Å². The molecule has 0 aliphatic carbocycles. The van der Waals surface area contributed by atoms with E-state index in [4.69, 9.17) is 24.1 Å². The number of carbonyl (C=O) groups excluding carboxylic acids is 1. The second kappa shape index (κ2) is 13.2. The molecule has 0 saturated heterocycles. The Kier molecular flexibility index (Phi) is 12.4. The van der Waals surface area contributed by atoms with E-state index in [1.807, 2.05) is 0 Å². The topological polar surface area (TPSA) is 101 Å². The maximum Gasteiger partial charge on any atom is 0.332 e. The summed E-state index contributed by atoms with van der Waals surface area (Å²) in [5.41, 5.74) is 0. The van der Waals surface area contributed by atoms with Gasteiger partial charge in [0.2, 0.25) is 0 Å². The summed E-state index contributed by atoms with van der Waals surface area (Å²) >= 11 is 0. The molecular weight excluding hydrogens is 260 g/mol. The molecule has 0 rings (SSSR count). The van der Waals surface area contributed by atoms with Gasteiger partial charge in [0.05, 0.1) is 33.0 Å². The van der Waals surface area contributed by atoms with Crippen LogP contribution in [0, 0.1) is 0 Å². The molecule has 1 N–H and O–H groups in total. The lowest BCUT2D eigenvalue weighted by atomic mass is 10.6. The monoisotopic (exact) mass is 280 g/mol. The minimum Gasteiger partial charge on any atom is -0.480 e. The third kappa shape index (κ3) is 14.7. The first kappa shape index (κ1) is 17.8. The summed E-state index contributed by atoms with van der Waals surface area (Å²) in [5, 5.41) is 8.26. The molecule has 0 aliphatic heterocycles. The molecule has 0 radical (unpaired) electrons. The van der Waals surface area contributed by atoms with E-state index in [0.29, 0.717) is 26.4 Å². The summed E-state index contributed by atoms with van der Waals surface area (Å²) in [6, 6.07) is 0. The Balaban J connectivity index is 3.16.